The van der Waals surface area contributed by atoms with Gasteiger partial charge in [-0.05, 0) is 36.1 Å². The van der Waals surface area contributed by atoms with Gasteiger partial charge in [0.1, 0.15) is 0 Å². The second-order valence-electron chi connectivity index (χ2n) is 5.03. The predicted octanol–water partition coefficient (Wildman–Crippen LogP) is 4.90. The molecule has 0 N–H and O–H groups in total. The maximum atomic E-state index is 12.4. The monoisotopic (exact) mass is 344 g/mol. The minimum atomic E-state index is -0.595. The van der Waals surface area contributed by atoms with Crippen LogP contribution in [0.3, 0.4) is 0 Å². The van der Waals surface area contributed by atoms with E-state index in [0.717, 1.165) is 15.6 Å². The molecule has 3 nitrogen and oxygen atoms in total. The van der Waals surface area contributed by atoms with Crippen LogP contribution in [0.15, 0.2) is 48.5 Å². The highest BCUT2D eigenvalue weighted by molar-refractivity contribution is 7.21. The molecule has 0 aliphatic rings. The lowest BCUT2D eigenvalue weighted by Crippen LogP contribution is -2.14. The molecule has 0 radical (unpaired) electrons. The average molecular weight is 345 g/mol. The van der Waals surface area contributed by atoms with Crippen LogP contribution in [0, 0.1) is 6.92 Å². The zero-order valence-corrected chi connectivity index (χ0v) is 13.9. The normalized spacial score (nSPS) is 10.7. The summed E-state index contributed by atoms with van der Waals surface area (Å²) in [6.07, 6.45) is 0. The summed E-state index contributed by atoms with van der Waals surface area (Å²) in [4.78, 5) is 25.0. The SMILES string of the molecule is Cc1c(C(=O)COC(=O)c2ccccc2Cl)sc2ccccc12. The Morgan fingerprint density at radius 3 is 2.52 bits per heavy atom. The molecule has 0 aliphatic carbocycles. The summed E-state index contributed by atoms with van der Waals surface area (Å²) in [6, 6.07) is 14.4. The zero-order valence-electron chi connectivity index (χ0n) is 12.3. The van der Waals surface area contributed by atoms with Crippen LogP contribution in [0.5, 0.6) is 0 Å². The molecule has 2 aromatic carbocycles. The summed E-state index contributed by atoms with van der Waals surface area (Å²) in [5.41, 5.74) is 1.18. The molecule has 5 heteroatoms. The number of Topliss-reactive ketones (excluding diaryl/α,β-unsaturated/α-hetero) is 1. The van der Waals surface area contributed by atoms with Crippen LogP contribution in [0.4, 0.5) is 0 Å². The lowest BCUT2D eigenvalue weighted by Gasteiger charge is -2.05. The molecule has 0 amide bonds. The highest BCUT2D eigenvalue weighted by atomic mass is 35.5. The van der Waals surface area contributed by atoms with Gasteiger partial charge in [0, 0.05) is 4.70 Å². The Bertz CT molecular complexity index is 898. The van der Waals surface area contributed by atoms with Crippen LogP contribution >= 0.6 is 22.9 Å². The van der Waals surface area contributed by atoms with Crippen molar-refractivity contribution in [3.8, 4) is 0 Å². The van der Waals surface area contributed by atoms with Crippen molar-refractivity contribution in [1.29, 1.82) is 0 Å². The molecular formula is C18H13ClO3S. The fourth-order valence-electron chi connectivity index (χ4n) is 2.34. The van der Waals surface area contributed by atoms with E-state index in [2.05, 4.69) is 0 Å². The Kier molecular flexibility index (Phi) is 4.46. The van der Waals surface area contributed by atoms with Crippen LogP contribution < -0.4 is 0 Å². The number of rotatable bonds is 4. The number of carbonyl (C=O) groups is 2. The summed E-state index contributed by atoms with van der Waals surface area (Å²) >= 11 is 7.36. The van der Waals surface area contributed by atoms with Crippen molar-refractivity contribution in [2.24, 2.45) is 0 Å². The predicted molar refractivity (Wildman–Crippen MR) is 92.6 cm³/mol. The molecule has 1 aromatic heterocycles. The van der Waals surface area contributed by atoms with Crippen LogP contribution in [0.1, 0.15) is 25.6 Å². The van der Waals surface area contributed by atoms with Gasteiger partial charge in [-0.1, -0.05) is 41.9 Å². The van der Waals surface area contributed by atoms with Crippen molar-refractivity contribution in [2.45, 2.75) is 6.92 Å². The van der Waals surface area contributed by atoms with Crippen molar-refractivity contribution in [3.63, 3.8) is 0 Å². The molecule has 0 fully saturated rings. The van der Waals surface area contributed by atoms with Crippen molar-refractivity contribution in [2.75, 3.05) is 6.61 Å². The van der Waals surface area contributed by atoms with E-state index in [9.17, 15) is 9.59 Å². The first-order valence-corrected chi connectivity index (χ1v) is 8.20. The fourth-order valence-corrected chi connectivity index (χ4v) is 3.69. The van der Waals surface area contributed by atoms with E-state index >= 15 is 0 Å². The van der Waals surface area contributed by atoms with E-state index in [1.54, 1.807) is 24.3 Å². The third-order valence-electron chi connectivity index (χ3n) is 3.53. The molecular weight excluding hydrogens is 332 g/mol. The lowest BCUT2D eigenvalue weighted by molar-refractivity contribution is 0.0476. The minimum absolute atomic E-state index is 0.205. The van der Waals surface area contributed by atoms with Gasteiger partial charge in [-0.25, -0.2) is 4.79 Å². The van der Waals surface area contributed by atoms with Gasteiger partial charge in [-0.15, -0.1) is 11.3 Å². The highest BCUT2D eigenvalue weighted by Crippen LogP contribution is 2.30. The number of ether oxygens (including phenoxy) is 1. The number of carbonyl (C=O) groups excluding carboxylic acids is 2. The minimum Gasteiger partial charge on any atom is -0.454 e. The first-order valence-electron chi connectivity index (χ1n) is 7.01. The van der Waals surface area contributed by atoms with Crippen molar-refractivity contribution in [3.05, 3.63) is 69.6 Å². The first kappa shape index (κ1) is 15.7. The van der Waals surface area contributed by atoms with E-state index in [0.29, 0.717) is 9.90 Å². The van der Waals surface area contributed by atoms with Crippen LogP contribution in [-0.4, -0.2) is 18.4 Å². The van der Waals surface area contributed by atoms with E-state index < -0.39 is 5.97 Å². The van der Waals surface area contributed by atoms with Gasteiger partial charge in [0.2, 0.25) is 5.78 Å². The number of benzene rings is 2. The van der Waals surface area contributed by atoms with Gasteiger partial charge in [-0.2, -0.15) is 0 Å². The summed E-state index contributed by atoms with van der Waals surface area (Å²) in [6.45, 7) is 1.61. The zero-order chi connectivity index (χ0) is 16.4. The summed E-state index contributed by atoms with van der Waals surface area (Å²) in [5, 5.41) is 1.36. The standard InChI is InChI=1S/C18H13ClO3S/c1-11-12-6-3-5-9-16(12)23-17(11)15(20)10-22-18(21)13-7-2-4-8-14(13)19/h2-9H,10H2,1H3. The van der Waals surface area contributed by atoms with Gasteiger partial charge >= 0.3 is 5.97 Å². The molecule has 0 saturated carbocycles. The molecule has 0 saturated heterocycles. The number of aryl methyl sites for hydroxylation is 1. The summed E-state index contributed by atoms with van der Waals surface area (Å²) in [5.74, 6) is -0.799. The van der Waals surface area contributed by atoms with E-state index in [1.807, 2.05) is 31.2 Å². The van der Waals surface area contributed by atoms with Gasteiger partial charge in [0.15, 0.2) is 6.61 Å². The summed E-state index contributed by atoms with van der Waals surface area (Å²) < 4.78 is 6.16. The van der Waals surface area contributed by atoms with Crippen LogP contribution in [0.25, 0.3) is 10.1 Å². The molecule has 0 bridgehead atoms. The lowest BCUT2D eigenvalue weighted by atomic mass is 10.1. The first-order chi connectivity index (χ1) is 11.1. The van der Waals surface area contributed by atoms with Crippen molar-refractivity contribution < 1.29 is 14.3 Å². The molecule has 23 heavy (non-hydrogen) atoms. The van der Waals surface area contributed by atoms with Crippen molar-refractivity contribution >= 4 is 44.8 Å². The Hall–Kier alpha value is -2.17. The van der Waals surface area contributed by atoms with Gasteiger partial charge in [0.05, 0.1) is 15.5 Å². The summed E-state index contributed by atoms with van der Waals surface area (Å²) in [7, 11) is 0. The molecule has 1 heterocycles. The second kappa shape index (κ2) is 6.52. The molecule has 0 unspecified atom stereocenters. The molecule has 3 rings (SSSR count). The highest BCUT2D eigenvalue weighted by Gasteiger charge is 2.18. The van der Waals surface area contributed by atoms with Crippen molar-refractivity contribution in [1.82, 2.24) is 0 Å². The van der Waals surface area contributed by atoms with E-state index in [4.69, 9.17) is 16.3 Å². The van der Waals surface area contributed by atoms with E-state index in [1.165, 1.54) is 11.3 Å². The largest absolute Gasteiger partial charge is 0.454 e. The Labute approximate surface area is 142 Å². The third-order valence-corrected chi connectivity index (χ3v) is 5.17. The number of hydrogen-bond acceptors (Lipinski definition) is 4. The Morgan fingerprint density at radius 2 is 1.78 bits per heavy atom. The number of thiophene rings is 1. The van der Waals surface area contributed by atoms with Gasteiger partial charge in [0.25, 0.3) is 0 Å². The van der Waals surface area contributed by atoms with Crippen LogP contribution in [-0.2, 0) is 4.74 Å². The molecule has 0 spiro atoms. The number of halogens is 1. The molecule has 0 aliphatic heterocycles. The topological polar surface area (TPSA) is 43.4 Å². The number of hydrogen-bond donors (Lipinski definition) is 0. The Balaban J connectivity index is 1.75. The second-order valence-corrected chi connectivity index (χ2v) is 6.49. The van der Waals surface area contributed by atoms with Crippen LogP contribution in [0.2, 0.25) is 5.02 Å². The maximum absolute atomic E-state index is 12.4. The molecule has 116 valence electrons. The number of ketones is 1. The molecule has 0 atom stereocenters. The smallest absolute Gasteiger partial charge is 0.340 e. The van der Waals surface area contributed by atoms with Gasteiger partial charge < -0.3 is 4.74 Å². The number of fused-ring (bicyclic) bond motifs is 1. The Morgan fingerprint density at radius 1 is 1.09 bits per heavy atom. The van der Waals surface area contributed by atoms with E-state index in [-0.39, 0.29) is 18.0 Å². The number of esters is 1. The fraction of sp³-hybridized carbons (Fsp3) is 0.111. The third kappa shape index (κ3) is 3.14. The quantitative estimate of drug-likeness (QED) is 0.499. The average Bonchev–Trinajstić information content (AvgIpc) is 2.90. The van der Waals surface area contributed by atoms with Gasteiger partial charge in [-0.3, -0.25) is 4.79 Å². The molecule has 3 aromatic rings. The maximum Gasteiger partial charge on any atom is 0.340 e.